The molecule has 31 heavy (non-hydrogen) atoms. The van der Waals surface area contributed by atoms with Gasteiger partial charge in [-0.1, -0.05) is 18.2 Å². The van der Waals surface area contributed by atoms with Gasteiger partial charge in [0.05, 0.1) is 10.5 Å². The lowest BCUT2D eigenvalue weighted by Gasteiger charge is -2.23. The smallest absolute Gasteiger partial charge is 0.416 e. The van der Waals surface area contributed by atoms with E-state index in [1.807, 2.05) is 0 Å². The number of carbonyl (C=O) groups is 1. The van der Waals surface area contributed by atoms with Gasteiger partial charge in [-0.2, -0.15) is 13.2 Å². The van der Waals surface area contributed by atoms with Gasteiger partial charge >= 0.3 is 12.1 Å². The summed E-state index contributed by atoms with van der Waals surface area (Å²) in [4.78, 5) is 12.5. The normalized spacial score (nSPS) is 11.7. The van der Waals surface area contributed by atoms with Gasteiger partial charge in [0.25, 0.3) is 10.0 Å². The molecule has 0 saturated heterocycles. The molecule has 0 heterocycles. The van der Waals surface area contributed by atoms with Crippen LogP contribution in [-0.4, -0.2) is 26.0 Å². The number of carboxylic acids is 1. The summed E-state index contributed by atoms with van der Waals surface area (Å²) in [6, 6.07) is 17.9. The Morgan fingerprint density at radius 2 is 1.42 bits per heavy atom. The average molecular weight is 450 g/mol. The molecule has 0 aromatic heterocycles. The fourth-order valence-electron chi connectivity index (χ4n) is 2.82. The molecule has 2 N–H and O–H groups in total. The van der Waals surface area contributed by atoms with Gasteiger partial charge in [-0.25, -0.2) is 8.42 Å². The molecule has 0 atom stereocenters. The second kappa shape index (κ2) is 8.68. The molecule has 0 fully saturated rings. The third-order valence-corrected chi connectivity index (χ3v) is 5.68. The van der Waals surface area contributed by atoms with Crippen molar-refractivity contribution in [3.63, 3.8) is 0 Å². The molecule has 0 aliphatic heterocycles. The first-order valence-corrected chi connectivity index (χ1v) is 10.4. The van der Waals surface area contributed by atoms with Gasteiger partial charge in [-0.05, 0) is 60.7 Å². The maximum absolute atomic E-state index is 12.7. The maximum Gasteiger partial charge on any atom is 0.416 e. The molecule has 3 aromatic rings. The number of aliphatic carboxylic acids is 1. The van der Waals surface area contributed by atoms with Crippen molar-refractivity contribution in [3.05, 3.63) is 84.4 Å². The summed E-state index contributed by atoms with van der Waals surface area (Å²) < 4.78 is 65.2. The van der Waals surface area contributed by atoms with Crippen molar-refractivity contribution in [2.24, 2.45) is 0 Å². The maximum atomic E-state index is 12.7. The van der Waals surface area contributed by atoms with Crippen molar-refractivity contribution in [1.82, 2.24) is 0 Å². The number of hydrogen-bond acceptors (Lipinski definition) is 4. The summed E-state index contributed by atoms with van der Waals surface area (Å²) in [6.45, 7) is -0.305. The number of benzene rings is 3. The lowest BCUT2D eigenvalue weighted by Crippen LogP contribution is -2.24. The number of sulfonamides is 1. The Kier molecular flexibility index (Phi) is 6.21. The lowest BCUT2D eigenvalue weighted by atomic mass is 10.2. The van der Waals surface area contributed by atoms with E-state index in [0.717, 1.165) is 12.1 Å². The summed E-state index contributed by atoms with van der Waals surface area (Å²) in [5, 5.41) is 9.21. The summed E-state index contributed by atoms with van der Waals surface area (Å²) in [5.41, 5.74) is 0.385. The standard InChI is InChI=1S/C21H17F3N2O4S/c22-21(23,24)15-6-12-19(13-7-15)31(29,30)25-16-8-10-18(11-9-16)26(14-20(27)28)17-4-2-1-3-5-17/h1-13,25H,14H2,(H,27,28). The van der Waals surface area contributed by atoms with E-state index in [4.69, 9.17) is 0 Å². The molecule has 0 unspecified atom stereocenters. The predicted octanol–water partition coefficient (Wildman–Crippen LogP) is 4.73. The van der Waals surface area contributed by atoms with Crippen LogP contribution in [0.25, 0.3) is 0 Å². The summed E-state index contributed by atoms with van der Waals surface area (Å²) in [7, 11) is -4.10. The van der Waals surface area contributed by atoms with Crippen LogP contribution < -0.4 is 9.62 Å². The van der Waals surface area contributed by atoms with E-state index in [1.165, 1.54) is 17.0 Å². The van der Waals surface area contributed by atoms with Crippen LogP contribution in [0.1, 0.15) is 5.56 Å². The average Bonchev–Trinajstić information content (AvgIpc) is 2.72. The molecule has 0 amide bonds. The van der Waals surface area contributed by atoms with E-state index in [2.05, 4.69) is 4.72 Å². The molecule has 0 saturated carbocycles. The van der Waals surface area contributed by atoms with E-state index in [1.54, 1.807) is 42.5 Å². The van der Waals surface area contributed by atoms with Gasteiger partial charge in [0.1, 0.15) is 6.54 Å². The number of alkyl halides is 3. The molecular formula is C21H17F3N2O4S. The molecule has 6 nitrogen and oxygen atoms in total. The van der Waals surface area contributed by atoms with E-state index in [-0.39, 0.29) is 17.1 Å². The van der Waals surface area contributed by atoms with Crippen LogP contribution in [0.2, 0.25) is 0 Å². The van der Waals surface area contributed by atoms with Crippen LogP contribution in [0.15, 0.2) is 83.8 Å². The highest BCUT2D eigenvalue weighted by molar-refractivity contribution is 7.92. The molecular weight excluding hydrogens is 433 g/mol. The minimum Gasteiger partial charge on any atom is -0.480 e. The Morgan fingerprint density at radius 1 is 0.871 bits per heavy atom. The number of anilines is 3. The fraction of sp³-hybridized carbons (Fsp3) is 0.0952. The molecule has 0 aliphatic rings. The Hall–Kier alpha value is -3.53. The van der Waals surface area contributed by atoms with Gasteiger partial charge in [0, 0.05) is 17.1 Å². The van der Waals surface area contributed by atoms with Crippen LogP contribution >= 0.6 is 0 Å². The zero-order chi connectivity index (χ0) is 22.6. The molecule has 0 spiro atoms. The third-order valence-electron chi connectivity index (χ3n) is 4.28. The quantitative estimate of drug-likeness (QED) is 0.544. The minimum absolute atomic E-state index is 0.173. The van der Waals surface area contributed by atoms with Crippen LogP contribution in [0, 0.1) is 0 Å². The first-order chi connectivity index (χ1) is 14.6. The Labute approximate surface area is 176 Å². The van der Waals surface area contributed by atoms with Crippen LogP contribution in [0.3, 0.4) is 0 Å². The number of carboxylic acid groups (broad SMARTS) is 1. The Balaban J connectivity index is 1.81. The van der Waals surface area contributed by atoms with Crippen molar-refractivity contribution in [2.45, 2.75) is 11.1 Å². The topological polar surface area (TPSA) is 86.7 Å². The second-order valence-electron chi connectivity index (χ2n) is 6.49. The number of nitrogens with one attached hydrogen (secondary N) is 1. The van der Waals surface area contributed by atoms with Crippen molar-refractivity contribution < 1.29 is 31.5 Å². The van der Waals surface area contributed by atoms with Crippen molar-refractivity contribution in [3.8, 4) is 0 Å². The SMILES string of the molecule is O=C(O)CN(c1ccccc1)c1ccc(NS(=O)(=O)c2ccc(C(F)(F)F)cc2)cc1. The Morgan fingerprint density at radius 3 is 1.94 bits per heavy atom. The van der Waals surface area contributed by atoms with E-state index in [0.29, 0.717) is 23.5 Å². The second-order valence-corrected chi connectivity index (χ2v) is 8.17. The van der Waals surface area contributed by atoms with Crippen LogP contribution in [0.5, 0.6) is 0 Å². The van der Waals surface area contributed by atoms with Gasteiger partial charge in [-0.3, -0.25) is 9.52 Å². The van der Waals surface area contributed by atoms with Crippen molar-refractivity contribution >= 4 is 33.1 Å². The van der Waals surface area contributed by atoms with Gasteiger partial charge in [-0.15, -0.1) is 0 Å². The van der Waals surface area contributed by atoms with Crippen molar-refractivity contribution in [1.29, 1.82) is 0 Å². The Bertz CT molecular complexity index is 1150. The summed E-state index contributed by atoms with van der Waals surface area (Å²) in [5.74, 6) is -1.05. The van der Waals surface area contributed by atoms with E-state index < -0.39 is 27.7 Å². The molecule has 0 radical (unpaired) electrons. The van der Waals surface area contributed by atoms with Gasteiger partial charge < -0.3 is 10.0 Å². The monoisotopic (exact) mass is 450 g/mol. The van der Waals surface area contributed by atoms with E-state index in [9.17, 15) is 31.5 Å². The minimum atomic E-state index is -4.56. The highest BCUT2D eigenvalue weighted by atomic mass is 32.2. The highest BCUT2D eigenvalue weighted by Gasteiger charge is 2.30. The molecule has 3 aromatic carbocycles. The molecule has 0 aliphatic carbocycles. The molecule has 10 heteroatoms. The van der Waals surface area contributed by atoms with E-state index >= 15 is 0 Å². The zero-order valence-electron chi connectivity index (χ0n) is 15.9. The number of halogens is 3. The number of rotatable bonds is 7. The largest absolute Gasteiger partial charge is 0.480 e. The van der Waals surface area contributed by atoms with Gasteiger partial charge in [0.15, 0.2) is 0 Å². The number of nitrogens with zero attached hydrogens (tertiary/aromatic N) is 1. The van der Waals surface area contributed by atoms with Gasteiger partial charge in [0.2, 0.25) is 0 Å². The first kappa shape index (κ1) is 22.2. The van der Waals surface area contributed by atoms with Crippen LogP contribution in [0.4, 0.5) is 30.2 Å². The third kappa shape index (κ3) is 5.54. The summed E-state index contributed by atoms with van der Waals surface area (Å²) in [6.07, 6.45) is -4.56. The lowest BCUT2D eigenvalue weighted by molar-refractivity contribution is -0.137. The zero-order valence-corrected chi connectivity index (χ0v) is 16.7. The molecule has 3 rings (SSSR count). The number of para-hydroxylation sites is 1. The number of hydrogen-bond donors (Lipinski definition) is 2. The first-order valence-electron chi connectivity index (χ1n) is 8.91. The highest BCUT2D eigenvalue weighted by Crippen LogP contribution is 2.30. The van der Waals surface area contributed by atoms with Crippen LogP contribution in [-0.2, 0) is 21.0 Å². The predicted molar refractivity (Wildman–Crippen MR) is 110 cm³/mol. The molecule has 162 valence electrons. The fourth-order valence-corrected chi connectivity index (χ4v) is 3.88. The summed E-state index contributed by atoms with van der Waals surface area (Å²) >= 11 is 0. The van der Waals surface area contributed by atoms with Crippen molar-refractivity contribution in [2.75, 3.05) is 16.2 Å². The molecule has 0 bridgehead atoms.